The maximum absolute atomic E-state index is 11.4. The molecule has 2 rings (SSSR count). The van der Waals surface area contributed by atoms with Crippen LogP contribution in [0.5, 0.6) is 0 Å². The van der Waals surface area contributed by atoms with Crippen LogP contribution >= 0.6 is 0 Å². The highest BCUT2D eigenvalue weighted by Gasteiger charge is 2.10. The van der Waals surface area contributed by atoms with Crippen LogP contribution < -0.4 is 0 Å². The fourth-order valence-electron chi connectivity index (χ4n) is 1.68. The van der Waals surface area contributed by atoms with Gasteiger partial charge in [-0.3, -0.25) is 9.89 Å². The van der Waals surface area contributed by atoms with Crippen LogP contribution in [0.2, 0.25) is 0 Å². The van der Waals surface area contributed by atoms with Crippen molar-refractivity contribution < 1.29 is 4.79 Å². The molecule has 0 atom stereocenters. The van der Waals surface area contributed by atoms with Crippen molar-refractivity contribution in [3.05, 3.63) is 29.5 Å². The number of aromatic amines is 1. The highest BCUT2D eigenvalue weighted by Crippen LogP contribution is 2.21. The molecule has 0 saturated heterocycles. The summed E-state index contributed by atoms with van der Waals surface area (Å²) in [7, 11) is 0. The van der Waals surface area contributed by atoms with Gasteiger partial charge in [0.15, 0.2) is 5.78 Å². The zero-order chi connectivity index (χ0) is 10.1. The highest BCUT2D eigenvalue weighted by atomic mass is 16.1. The maximum Gasteiger partial charge on any atom is 0.160 e. The molecule has 0 bridgehead atoms. The van der Waals surface area contributed by atoms with Crippen LogP contribution in [0.4, 0.5) is 0 Å². The third-order valence-corrected chi connectivity index (χ3v) is 2.39. The molecule has 0 unspecified atom stereocenters. The molecule has 0 spiro atoms. The van der Waals surface area contributed by atoms with Crippen molar-refractivity contribution in [2.45, 2.75) is 20.3 Å². The molecule has 0 aliphatic carbocycles. The Balaban J connectivity index is 2.81. The summed E-state index contributed by atoms with van der Waals surface area (Å²) in [6.45, 7) is 3.63. The summed E-state index contributed by atoms with van der Waals surface area (Å²) in [6.07, 6.45) is 0.862. The number of H-pyrrole nitrogens is 1. The van der Waals surface area contributed by atoms with E-state index in [1.807, 2.05) is 25.1 Å². The Morgan fingerprint density at radius 2 is 2.29 bits per heavy atom. The van der Waals surface area contributed by atoms with E-state index in [4.69, 9.17) is 0 Å². The Hall–Kier alpha value is -1.64. The van der Waals surface area contributed by atoms with Crippen molar-refractivity contribution in [1.82, 2.24) is 10.2 Å². The predicted molar refractivity (Wildman–Crippen MR) is 55.5 cm³/mol. The molecule has 2 aromatic rings. The summed E-state index contributed by atoms with van der Waals surface area (Å²) in [5.74, 6) is 0.0895. The van der Waals surface area contributed by atoms with E-state index in [-0.39, 0.29) is 5.78 Å². The molecule has 0 fully saturated rings. The first-order valence-electron chi connectivity index (χ1n) is 4.71. The molecule has 0 amide bonds. The number of benzene rings is 1. The topological polar surface area (TPSA) is 45.8 Å². The third kappa shape index (κ3) is 1.21. The lowest BCUT2D eigenvalue weighted by molar-refractivity contribution is 0.101. The van der Waals surface area contributed by atoms with Crippen molar-refractivity contribution in [3.8, 4) is 0 Å². The van der Waals surface area contributed by atoms with Gasteiger partial charge in [0.1, 0.15) is 0 Å². The monoisotopic (exact) mass is 188 g/mol. The van der Waals surface area contributed by atoms with Gasteiger partial charge >= 0.3 is 0 Å². The van der Waals surface area contributed by atoms with Crippen LogP contribution in [-0.2, 0) is 6.42 Å². The van der Waals surface area contributed by atoms with Crippen LogP contribution in [0.15, 0.2) is 18.2 Å². The van der Waals surface area contributed by atoms with Gasteiger partial charge in [-0.2, -0.15) is 5.10 Å². The Labute approximate surface area is 82.1 Å². The highest BCUT2D eigenvalue weighted by molar-refractivity contribution is 6.07. The molecule has 0 aliphatic heterocycles. The number of ketones is 1. The Kier molecular flexibility index (Phi) is 2.08. The van der Waals surface area contributed by atoms with E-state index >= 15 is 0 Å². The van der Waals surface area contributed by atoms with Gasteiger partial charge in [-0.15, -0.1) is 0 Å². The van der Waals surface area contributed by atoms with Crippen molar-refractivity contribution in [3.63, 3.8) is 0 Å². The lowest BCUT2D eigenvalue weighted by Gasteiger charge is -1.99. The van der Waals surface area contributed by atoms with Gasteiger partial charge < -0.3 is 0 Å². The first-order valence-corrected chi connectivity index (χ1v) is 4.71. The van der Waals surface area contributed by atoms with Crippen LogP contribution in [-0.4, -0.2) is 16.0 Å². The number of hydrogen-bond donors (Lipinski definition) is 1. The number of carbonyl (C=O) groups is 1. The minimum absolute atomic E-state index is 0.0895. The average molecular weight is 188 g/mol. The number of aromatic nitrogens is 2. The van der Waals surface area contributed by atoms with Gasteiger partial charge in [-0.1, -0.05) is 19.1 Å². The molecule has 1 N–H and O–H groups in total. The molecule has 1 aromatic carbocycles. The minimum atomic E-state index is 0.0895. The molecule has 1 heterocycles. The number of hydrogen-bond acceptors (Lipinski definition) is 2. The molecule has 72 valence electrons. The number of nitrogens with zero attached hydrogens (tertiary/aromatic N) is 1. The smallest absolute Gasteiger partial charge is 0.160 e. The Morgan fingerprint density at radius 3 is 2.93 bits per heavy atom. The summed E-state index contributed by atoms with van der Waals surface area (Å²) in [4.78, 5) is 11.4. The maximum atomic E-state index is 11.4. The van der Waals surface area contributed by atoms with Gasteiger partial charge in [0.2, 0.25) is 0 Å². The first kappa shape index (κ1) is 8.94. The van der Waals surface area contributed by atoms with Crippen LogP contribution in [0.25, 0.3) is 10.9 Å². The van der Waals surface area contributed by atoms with E-state index in [9.17, 15) is 4.79 Å². The van der Waals surface area contributed by atoms with Crippen molar-refractivity contribution in [1.29, 1.82) is 0 Å². The average Bonchev–Trinajstić information content (AvgIpc) is 2.59. The zero-order valence-electron chi connectivity index (χ0n) is 8.29. The molecule has 3 nitrogen and oxygen atoms in total. The molecule has 14 heavy (non-hydrogen) atoms. The summed E-state index contributed by atoms with van der Waals surface area (Å²) < 4.78 is 0. The number of rotatable bonds is 2. The SMILES string of the molecule is CCc1[nH]nc2cccc(C(C)=O)c12. The molecular formula is C11H12N2O. The molecule has 1 aromatic heterocycles. The van der Waals surface area contributed by atoms with Gasteiger partial charge in [0.05, 0.1) is 5.52 Å². The van der Waals surface area contributed by atoms with Crippen LogP contribution in [0.3, 0.4) is 0 Å². The number of fused-ring (bicyclic) bond motifs is 1. The Bertz CT molecular complexity index is 485. The second-order valence-corrected chi connectivity index (χ2v) is 3.31. The second-order valence-electron chi connectivity index (χ2n) is 3.31. The molecule has 3 heteroatoms. The first-order chi connectivity index (χ1) is 6.74. The summed E-state index contributed by atoms with van der Waals surface area (Å²) in [5, 5.41) is 8.09. The molecular weight excluding hydrogens is 176 g/mol. The van der Waals surface area contributed by atoms with E-state index in [0.717, 1.165) is 28.6 Å². The van der Waals surface area contributed by atoms with E-state index in [1.165, 1.54) is 0 Å². The number of nitrogens with one attached hydrogen (secondary N) is 1. The van der Waals surface area contributed by atoms with E-state index < -0.39 is 0 Å². The van der Waals surface area contributed by atoms with Crippen LogP contribution in [0.1, 0.15) is 29.9 Å². The largest absolute Gasteiger partial charge is 0.294 e. The third-order valence-electron chi connectivity index (χ3n) is 2.39. The van der Waals surface area contributed by atoms with E-state index in [2.05, 4.69) is 10.2 Å². The summed E-state index contributed by atoms with van der Waals surface area (Å²) >= 11 is 0. The predicted octanol–water partition coefficient (Wildman–Crippen LogP) is 2.33. The number of Topliss-reactive ketones (excluding diaryl/α,β-unsaturated/α-hetero) is 1. The standard InChI is InChI=1S/C11H12N2O/c1-3-9-11-8(7(2)14)5-4-6-10(11)13-12-9/h4-6H,3H2,1-2H3,(H,12,13). The number of aryl methyl sites for hydroxylation is 1. The Morgan fingerprint density at radius 1 is 1.50 bits per heavy atom. The summed E-state index contributed by atoms with van der Waals surface area (Å²) in [5.41, 5.74) is 2.66. The normalized spacial score (nSPS) is 10.7. The fraction of sp³-hybridized carbons (Fsp3) is 0.273. The second kappa shape index (κ2) is 3.25. The van der Waals surface area contributed by atoms with Crippen molar-refractivity contribution >= 4 is 16.7 Å². The quantitative estimate of drug-likeness (QED) is 0.735. The van der Waals surface area contributed by atoms with Crippen molar-refractivity contribution in [2.75, 3.05) is 0 Å². The summed E-state index contributed by atoms with van der Waals surface area (Å²) in [6, 6.07) is 5.62. The number of carbonyl (C=O) groups excluding carboxylic acids is 1. The van der Waals surface area contributed by atoms with E-state index in [1.54, 1.807) is 6.92 Å². The van der Waals surface area contributed by atoms with Gasteiger partial charge in [-0.25, -0.2) is 0 Å². The van der Waals surface area contributed by atoms with E-state index in [0.29, 0.717) is 0 Å². The van der Waals surface area contributed by atoms with Gasteiger partial charge in [0, 0.05) is 16.6 Å². The molecule has 0 saturated carbocycles. The zero-order valence-corrected chi connectivity index (χ0v) is 8.29. The molecule has 0 radical (unpaired) electrons. The lowest BCUT2D eigenvalue weighted by Crippen LogP contribution is -1.94. The van der Waals surface area contributed by atoms with Gasteiger partial charge in [-0.05, 0) is 19.4 Å². The van der Waals surface area contributed by atoms with Crippen molar-refractivity contribution in [2.24, 2.45) is 0 Å². The minimum Gasteiger partial charge on any atom is -0.294 e. The van der Waals surface area contributed by atoms with Crippen LogP contribution in [0, 0.1) is 0 Å². The molecule has 0 aliphatic rings. The van der Waals surface area contributed by atoms with Gasteiger partial charge in [0.25, 0.3) is 0 Å². The fourth-order valence-corrected chi connectivity index (χ4v) is 1.68. The lowest BCUT2D eigenvalue weighted by atomic mass is 10.0.